The minimum absolute atomic E-state index is 0. The lowest BCUT2D eigenvalue weighted by Gasteiger charge is -2.16. The van der Waals surface area contributed by atoms with Crippen molar-refractivity contribution in [3.8, 4) is 0 Å². The predicted molar refractivity (Wildman–Crippen MR) is 53.8 cm³/mol. The Balaban J connectivity index is 0. The highest BCUT2D eigenvalue weighted by Gasteiger charge is 2.13. The molecule has 0 aliphatic carbocycles. The molecule has 0 spiro atoms. The van der Waals surface area contributed by atoms with Crippen LogP contribution in [0.25, 0.3) is 0 Å². The van der Waals surface area contributed by atoms with Gasteiger partial charge in [0.05, 0.1) is 0 Å². The van der Waals surface area contributed by atoms with Gasteiger partial charge in [-0.25, -0.2) is 0 Å². The molecule has 0 unspecified atom stereocenters. The van der Waals surface area contributed by atoms with Crippen molar-refractivity contribution in [2.24, 2.45) is 5.73 Å². The van der Waals surface area contributed by atoms with Gasteiger partial charge in [-0.1, -0.05) is 6.42 Å². The van der Waals surface area contributed by atoms with Crippen LogP contribution >= 0.6 is 24.8 Å². The van der Waals surface area contributed by atoms with Crippen LogP contribution in [-0.2, 0) is 0 Å². The molecule has 1 aliphatic heterocycles. The van der Waals surface area contributed by atoms with Gasteiger partial charge in [-0.15, -0.1) is 24.8 Å². The number of hydrogen-bond acceptors (Lipinski definition) is 2. The van der Waals surface area contributed by atoms with Crippen LogP contribution in [0.2, 0.25) is 0 Å². The van der Waals surface area contributed by atoms with Crippen LogP contribution in [0.15, 0.2) is 0 Å². The topological polar surface area (TPSA) is 38.0 Å². The molecule has 1 saturated heterocycles. The molecule has 1 fully saturated rings. The largest absolute Gasteiger partial charge is 0.326 e. The van der Waals surface area contributed by atoms with Crippen molar-refractivity contribution in [1.82, 2.24) is 5.32 Å². The van der Waals surface area contributed by atoms with Crippen LogP contribution in [0.5, 0.6) is 0 Å². The summed E-state index contributed by atoms with van der Waals surface area (Å²) in [6.07, 6.45) is 3.77. The second-order valence-corrected chi connectivity index (χ2v) is 2.90. The highest BCUT2D eigenvalue weighted by Crippen LogP contribution is 2.06. The van der Waals surface area contributed by atoms with Gasteiger partial charge >= 0.3 is 0 Å². The second-order valence-electron chi connectivity index (χ2n) is 2.90. The first-order valence-corrected chi connectivity index (χ1v) is 3.79. The standard InChI is InChI=1S/C7H16N2.2ClH/c1-6-7(8)4-2-3-5-9-6;;/h6-7,9H,2-5,8H2,1H3;2*1H/t6-,7-;;/m1../s1. The summed E-state index contributed by atoms with van der Waals surface area (Å²) in [5.41, 5.74) is 5.82. The van der Waals surface area contributed by atoms with Crippen molar-refractivity contribution in [2.75, 3.05) is 6.54 Å². The fraction of sp³-hybridized carbons (Fsp3) is 1.00. The molecule has 0 aromatic carbocycles. The van der Waals surface area contributed by atoms with Crippen molar-refractivity contribution in [3.63, 3.8) is 0 Å². The van der Waals surface area contributed by atoms with Crippen molar-refractivity contribution < 1.29 is 0 Å². The zero-order chi connectivity index (χ0) is 6.69. The molecule has 1 rings (SSSR count). The van der Waals surface area contributed by atoms with Gasteiger partial charge in [0, 0.05) is 12.1 Å². The number of hydrogen-bond donors (Lipinski definition) is 2. The quantitative estimate of drug-likeness (QED) is 0.620. The molecule has 0 aromatic rings. The van der Waals surface area contributed by atoms with Crippen LogP contribution in [0.3, 0.4) is 0 Å². The number of nitrogens with one attached hydrogen (secondary N) is 1. The van der Waals surface area contributed by atoms with Gasteiger partial charge < -0.3 is 11.1 Å². The minimum atomic E-state index is 0. The SMILES string of the molecule is C[C@H]1NCCCC[C@H]1N.Cl.Cl. The summed E-state index contributed by atoms with van der Waals surface area (Å²) < 4.78 is 0. The van der Waals surface area contributed by atoms with Gasteiger partial charge in [0.1, 0.15) is 0 Å². The Morgan fingerprint density at radius 3 is 2.55 bits per heavy atom. The molecule has 0 bridgehead atoms. The summed E-state index contributed by atoms with van der Waals surface area (Å²) in [5, 5.41) is 3.37. The summed E-state index contributed by atoms with van der Waals surface area (Å²) in [7, 11) is 0. The Hall–Kier alpha value is 0.500. The number of nitrogens with two attached hydrogens (primary N) is 1. The number of halogens is 2. The minimum Gasteiger partial charge on any atom is -0.326 e. The van der Waals surface area contributed by atoms with E-state index >= 15 is 0 Å². The maximum absolute atomic E-state index is 5.82. The summed E-state index contributed by atoms with van der Waals surface area (Å²) in [5.74, 6) is 0. The van der Waals surface area contributed by atoms with Crippen LogP contribution in [0.1, 0.15) is 26.2 Å². The first-order chi connectivity index (χ1) is 4.30. The highest BCUT2D eigenvalue weighted by molar-refractivity contribution is 5.85. The molecule has 0 saturated carbocycles. The van der Waals surface area contributed by atoms with E-state index in [1.807, 2.05) is 0 Å². The predicted octanol–water partition coefficient (Wildman–Crippen LogP) is 1.32. The van der Waals surface area contributed by atoms with E-state index in [4.69, 9.17) is 5.73 Å². The van der Waals surface area contributed by atoms with Gasteiger partial charge in [-0.05, 0) is 26.3 Å². The smallest absolute Gasteiger partial charge is 0.0191 e. The Morgan fingerprint density at radius 2 is 1.91 bits per heavy atom. The fourth-order valence-electron chi connectivity index (χ4n) is 1.24. The Kier molecular flexibility index (Phi) is 9.15. The molecule has 0 radical (unpaired) electrons. The van der Waals surface area contributed by atoms with Crippen molar-refractivity contribution in [3.05, 3.63) is 0 Å². The molecule has 3 N–H and O–H groups in total. The van der Waals surface area contributed by atoms with Crippen molar-refractivity contribution in [1.29, 1.82) is 0 Å². The van der Waals surface area contributed by atoms with E-state index in [1.54, 1.807) is 0 Å². The third-order valence-corrected chi connectivity index (χ3v) is 2.07. The van der Waals surface area contributed by atoms with Gasteiger partial charge in [-0.2, -0.15) is 0 Å². The third-order valence-electron chi connectivity index (χ3n) is 2.07. The number of rotatable bonds is 0. The molecule has 2 atom stereocenters. The lowest BCUT2D eigenvalue weighted by atomic mass is 10.1. The van der Waals surface area contributed by atoms with Crippen molar-refractivity contribution in [2.45, 2.75) is 38.3 Å². The molecule has 1 aliphatic rings. The highest BCUT2D eigenvalue weighted by atomic mass is 35.5. The molecule has 1 heterocycles. The normalized spacial score (nSPS) is 31.1. The van der Waals surface area contributed by atoms with E-state index < -0.39 is 0 Å². The fourth-order valence-corrected chi connectivity index (χ4v) is 1.24. The first-order valence-electron chi connectivity index (χ1n) is 3.79. The maximum atomic E-state index is 5.82. The monoisotopic (exact) mass is 200 g/mol. The second kappa shape index (κ2) is 7.17. The molecule has 0 amide bonds. The van der Waals surface area contributed by atoms with E-state index in [9.17, 15) is 0 Å². The van der Waals surface area contributed by atoms with Gasteiger partial charge in [-0.3, -0.25) is 0 Å². The van der Waals surface area contributed by atoms with E-state index in [0.29, 0.717) is 12.1 Å². The van der Waals surface area contributed by atoms with Gasteiger partial charge in [0.2, 0.25) is 0 Å². The average molecular weight is 201 g/mol. The van der Waals surface area contributed by atoms with Crippen LogP contribution in [0, 0.1) is 0 Å². The van der Waals surface area contributed by atoms with Crippen molar-refractivity contribution >= 4 is 24.8 Å². The molecular weight excluding hydrogens is 183 g/mol. The van der Waals surface area contributed by atoms with E-state index in [0.717, 1.165) is 6.54 Å². The Bertz CT molecular complexity index is 80.5. The zero-order valence-corrected chi connectivity index (χ0v) is 8.51. The molecule has 70 valence electrons. The van der Waals surface area contributed by atoms with Gasteiger partial charge in [0.25, 0.3) is 0 Å². The third kappa shape index (κ3) is 4.86. The zero-order valence-electron chi connectivity index (χ0n) is 6.88. The molecule has 2 nitrogen and oxygen atoms in total. The molecule has 0 aromatic heterocycles. The van der Waals surface area contributed by atoms with Gasteiger partial charge in [0.15, 0.2) is 0 Å². The Labute approximate surface area is 81.1 Å². The Morgan fingerprint density at radius 1 is 1.27 bits per heavy atom. The lowest BCUT2D eigenvalue weighted by Crippen LogP contribution is -2.41. The summed E-state index contributed by atoms with van der Waals surface area (Å²) >= 11 is 0. The van der Waals surface area contributed by atoms with Crippen LogP contribution in [0.4, 0.5) is 0 Å². The van der Waals surface area contributed by atoms with E-state index in [-0.39, 0.29) is 24.8 Å². The summed E-state index contributed by atoms with van der Waals surface area (Å²) in [6.45, 7) is 3.31. The van der Waals surface area contributed by atoms with E-state index in [1.165, 1.54) is 19.3 Å². The summed E-state index contributed by atoms with van der Waals surface area (Å²) in [6, 6.07) is 0.903. The lowest BCUT2D eigenvalue weighted by molar-refractivity contribution is 0.479. The van der Waals surface area contributed by atoms with E-state index in [2.05, 4.69) is 12.2 Å². The van der Waals surface area contributed by atoms with Crippen LogP contribution < -0.4 is 11.1 Å². The molecule has 11 heavy (non-hydrogen) atoms. The first kappa shape index (κ1) is 14.0. The molecular formula is C7H18Cl2N2. The molecule has 4 heteroatoms. The average Bonchev–Trinajstić information content (AvgIpc) is 1.99. The summed E-state index contributed by atoms with van der Waals surface area (Å²) in [4.78, 5) is 0. The maximum Gasteiger partial charge on any atom is 0.0191 e. The van der Waals surface area contributed by atoms with Crippen LogP contribution in [-0.4, -0.2) is 18.6 Å².